The second kappa shape index (κ2) is 5.27. The number of carbonyl (C=O) groups is 1. The van der Waals surface area contributed by atoms with Crippen LogP contribution in [0.1, 0.15) is 17.3 Å². The largest absolute Gasteiger partial charge is 0.508 e. The third-order valence-corrected chi connectivity index (χ3v) is 3.37. The topological polar surface area (TPSA) is 69.8 Å². The number of amides is 1. The molecule has 1 amide bonds. The minimum atomic E-state index is -0.0980. The van der Waals surface area contributed by atoms with Gasteiger partial charge in [0.15, 0.2) is 0 Å². The fourth-order valence-corrected chi connectivity index (χ4v) is 2.17. The predicted molar refractivity (Wildman–Crippen MR) is 70.5 cm³/mol. The number of anilines is 1. The molecular weight excluding hydrogens is 230 g/mol. The van der Waals surface area contributed by atoms with Crippen LogP contribution >= 0.6 is 0 Å². The van der Waals surface area contributed by atoms with Crippen molar-refractivity contribution in [2.45, 2.75) is 6.92 Å². The quantitative estimate of drug-likeness (QED) is 0.599. The normalized spacial score (nSPS) is 16.8. The first-order valence-corrected chi connectivity index (χ1v) is 6.22. The van der Waals surface area contributed by atoms with Crippen molar-refractivity contribution in [3.05, 3.63) is 23.8 Å². The van der Waals surface area contributed by atoms with Crippen molar-refractivity contribution in [2.75, 3.05) is 38.5 Å². The van der Waals surface area contributed by atoms with Crippen molar-refractivity contribution in [3.63, 3.8) is 0 Å². The van der Waals surface area contributed by atoms with Crippen LogP contribution < -0.4 is 5.73 Å². The van der Waals surface area contributed by atoms with Gasteiger partial charge in [0.25, 0.3) is 5.91 Å². The van der Waals surface area contributed by atoms with Crippen molar-refractivity contribution in [3.8, 4) is 5.75 Å². The van der Waals surface area contributed by atoms with E-state index in [0.29, 0.717) is 24.3 Å². The lowest BCUT2D eigenvalue weighted by atomic mass is 10.1. The molecule has 98 valence electrons. The van der Waals surface area contributed by atoms with Gasteiger partial charge in [-0.2, -0.15) is 0 Å². The number of hydrogen-bond donors (Lipinski definition) is 2. The summed E-state index contributed by atoms with van der Waals surface area (Å²) in [5.74, 6) is -0.0288. The molecule has 5 heteroatoms. The van der Waals surface area contributed by atoms with Crippen molar-refractivity contribution in [1.29, 1.82) is 0 Å². The van der Waals surface area contributed by atoms with Gasteiger partial charge in [0.05, 0.1) is 5.56 Å². The van der Waals surface area contributed by atoms with Crippen LogP contribution in [0.5, 0.6) is 5.75 Å². The van der Waals surface area contributed by atoms with Crippen molar-refractivity contribution < 1.29 is 9.90 Å². The summed E-state index contributed by atoms with van der Waals surface area (Å²) < 4.78 is 0. The van der Waals surface area contributed by atoms with Gasteiger partial charge in [-0.15, -0.1) is 0 Å². The summed E-state index contributed by atoms with van der Waals surface area (Å²) in [6.45, 7) is 6.33. The molecule has 0 unspecified atom stereocenters. The molecule has 0 aromatic heterocycles. The van der Waals surface area contributed by atoms with Crippen LogP contribution in [0.15, 0.2) is 18.2 Å². The number of hydrogen-bond acceptors (Lipinski definition) is 4. The lowest BCUT2D eigenvalue weighted by Gasteiger charge is -2.34. The SMILES string of the molecule is CCN1CCN(C(=O)c2cc(O)ccc2N)CC1. The van der Waals surface area contributed by atoms with Crippen molar-refractivity contribution in [2.24, 2.45) is 0 Å². The zero-order valence-corrected chi connectivity index (χ0v) is 10.6. The monoisotopic (exact) mass is 249 g/mol. The fourth-order valence-electron chi connectivity index (χ4n) is 2.17. The van der Waals surface area contributed by atoms with Crippen LogP contribution in [0.4, 0.5) is 5.69 Å². The highest BCUT2D eigenvalue weighted by molar-refractivity contribution is 5.99. The summed E-state index contributed by atoms with van der Waals surface area (Å²) in [5.41, 5.74) is 6.58. The molecule has 0 radical (unpaired) electrons. The number of aromatic hydroxyl groups is 1. The Morgan fingerprint density at radius 3 is 2.61 bits per heavy atom. The number of benzene rings is 1. The maximum absolute atomic E-state index is 12.3. The Labute approximate surface area is 107 Å². The summed E-state index contributed by atoms with van der Waals surface area (Å²) in [7, 11) is 0. The highest BCUT2D eigenvalue weighted by atomic mass is 16.3. The van der Waals surface area contributed by atoms with Crippen LogP contribution in [-0.4, -0.2) is 53.5 Å². The summed E-state index contributed by atoms with van der Waals surface area (Å²) in [5, 5.41) is 9.43. The van der Waals surface area contributed by atoms with Crippen LogP contribution in [0.2, 0.25) is 0 Å². The lowest BCUT2D eigenvalue weighted by Crippen LogP contribution is -2.48. The molecule has 3 N–H and O–H groups in total. The molecule has 1 aromatic carbocycles. The van der Waals surface area contributed by atoms with Gasteiger partial charge < -0.3 is 20.6 Å². The van der Waals surface area contributed by atoms with E-state index < -0.39 is 0 Å². The van der Waals surface area contributed by atoms with Crippen LogP contribution in [0.25, 0.3) is 0 Å². The van der Waals surface area contributed by atoms with Gasteiger partial charge in [0, 0.05) is 31.9 Å². The predicted octanol–water partition coefficient (Wildman–Crippen LogP) is 0.752. The van der Waals surface area contributed by atoms with E-state index >= 15 is 0 Å². The molecule has 1 fully saturated rings. The van der Waals surface area contributed by atoms with E-state index in [1.807, 2.05) is 0 Å². The average Bonchev–Trinajstić information content (AvgIpc) is 2.41. The number of nitrogen functional groups attached to an aromatic ring is 1. The first-order chi connectivity index (χ1) is 8.61. The van der Waals surface area contributed by atoms with E-state index in [2.05, 4.69) is 11.8 Å². The number of phenols is 1. The van der Waals surface area contributed by atoms with Crippen LogP contribution in [0, 0.1) is 0 Å². The van der Waals surface area contributed by atoms with E-state index in [9.17, 15) is 9.90 Å². The van der Waals surface area contributed by atoms with E-state index in [0.717, 1.165) is 19.6 Å². The molecule has 0 atom stereocenters. The third kappa shape index (κ3) is 2.56. The van der Waals surface area contributed by atoms with Gasteiger partial charge in [-0.3, -0.25) is 4.79 Å². The zero-order chi connectivity index (χ0) is 13.1. The molecule has 0 spiro atoms. The number of carbonyl (C=O) groups excluding carboxylic acids is 1. The molecule has 2 rings (SSSR count). The van der Waals surface area contributed by atoms with Gasteiger partial charge >= 0.3 is 0 Å². The molecule has 1 aromatic rings. The molecule has 1 aliphatic rings. The van der Waals surface area contributed by atoms with Gasteiger partial charge in [-0.05, 0) is 24.7 Å². The Balaban J connectivity index is 2.10. The van der Waals surface area contributed by atoms with Gasteiger partial charge in [-0.1, -0.05) is 6.92 Å². The molecular formula is C13H19N3O2. The minimum absolute atomic E-state index is 0.0692. The maximum atomic E-state index is 12.3. The highest BCUT2D eigenvalue weighted by Crippen LogP contribution is 2.20. The van der Waals surface area contributed by atoms with E-state index in [-0.39, 0.29) is 11.7 Å². The first-order valence-electron chi connectivity index (χ1n) is 6.22. The van der Waals surface area contributed by atoms with Gasteiger partial charge in [0.1, 0.15) is 5.75 Å². The van der Waals surface area contributed by atoms with Crippen molar-refractivity contribution >= 4 is 11.6 Å². The standard InChI is InChI=1S/C13H19N3O2/c1-2-15-5-7-16(8-6-15)13(18)11-9-10(17)3-4-12(11)14/h3-4,9,17H,2,5-8,14H2,1H3. The van der Waals surface area contributed by atoms with E-state index in [1.165, 1.54) is 12.1 Å². The second-order valence-corrected chi connectivity index (χ2v) is 4.50. The molecule has 18 heavy (non-hydrogen) atoms. The summed E-state index contributed by atoms with van der Waals surface area (Å²) >= 11 is 0. The number of nitrogens with two attached hydrogens (primary N) is 1. The average molecular weight is 249 g/mol. The lowest BCUT2D eigenvalue weighted by molar-refractivity contribution is 0.0644. The molecule has 1 saturated heterocycles. The summed E-state index contributed by atoms with van der Waals surface area (Å²) in [6.07, 6.45) is 0. The molecule has 5 nitrogen and oxygen atoms in total. The Morgan fingerprint density at radius 1 is 1.33 bits per heavy atom. The Kier molecular flexibility index (Phi) is 3.72. The summed E-state index contributed by atoms with van der Waals surface area (Å²) in [6, 6.07) is 4.48. The van der Waals surface area contributed by atoms with Crippen LogP contribution in [-0.2, 0) is 0 Å². The Bertz CT molecular complexity index is 440. The Hall–Kier alpha value is -1.75. The molecule has 1 aliphatic heterocycles. The third-order valence-electron chi connectivity index (χ3n) is 3.37. The second-order valence-electron chi connectivity index (χ2n) is 4.50. The minimum Gasteiger partial charge on any atom is -0.508 e. The summed E-state index contributed by atoms with van der Waals surface area (Å²) in [4.78, 5) is 16.4. The van der Waals surface area contributed by atoms with Crippen molar-refractivity contribution in [1.82, 2.24) is 9.80 Å². The highest BCUT2D eigenvalue weighted by Gasteiger charge is 2.22. The molecule has 1 heterocycles. The van der Waals surface area contributed by atoms with Gasteiger partial charge in [-0.25, -0.2) is 0 Å². The smallest absolute Gasteiger partial charge is 0.256 e. The van der Waals surface area contributed by atoms with Gasteiger partial charge in [0.2, 0.25) is 0 Å². The van der Waals surface area contributed by atoms with Crippen LogP contribution in [0.3, 0.4) is 0 Å². The molecule has 0 bridgehead atoms. The number of piperazine rings is 1. The zero-order valence-electron chi connectivity index (χ0n) is 10.6. The van der Waals surface area contributed by atoms with E-state index in [4.69, 9.17) is 5.73 Å². The Morgan fingerprint density at radius 2 is 2.00 bits per heavy atom. The number of nitrogens with zero attached hydrogens (tertiary/aromatic N) is 2. The maximum Gasteiger partial charge on any atom is 0.256 e. The fraction of sp³-hybridized carbons (Fsp3) is 0.462. The molecule has 0 aliphatic carbocycles. The molecule has 0 saturated carbocycles. The number of rotatable bonds is 2. The van der Waals surface area contributed by atoms with E-state index in [1.54, 1.807) is 11.0 Å². The number of phenolic OH excluding ortho intramolecular Hbond substituents is 1. The number of likely N-dealkylation sites (N-methyl/N-ethyl adjacent to an activating group) is 1. The first kappa shape index (κ1) is 12.7.